The molecule has 1 fully saturated rings. The Morgan fingerprint density at radius 3 is 2.33 bits per heavy atom. The SMILES string of the molecule is Cc1cc(C)cc(N2C(=O)CC(Nc3cccc(C)c3C)C2=O)c1. The average molecular weight is 322 g/mol. The van der Waals surface area contributed by atoms with E-state index < -0.39 is 6.04 Å². The van der Waals surface area contributed by atoms with E-state index in [0.717, 1.165) is 27.9 Å². The number of hydrogen-bond acceptors (Lipinski definition) is 3. The molecule has 1 aliphatic heterocycles. The van der Waals surface area contributed by atoms with Gasteiger partial charge in [0, 0.05) is 5.69 Å². The molecule has 1 N–H and O–H groups in total. The molecule has 2 aromatic carbocycles. The Balaban J connectivity index is 1.87. The summed E-state index contributed by atoms with van der Waals surface area (Å²) in [6, 6.07) is 11.2. The fourth-order valence-electron chi connectivity index (χ4n) is 3.19. The van der Waals surface area contributed by atoms with Crippen molar-refractivity contribution in [2.75, 3.05) is 10.2 Å². The molecule has 124 valence electrons. The number of carbonyl (C=O) groups is 2. The van der Waals surface area contributed by atoms with Gasteiger partial charge >= 0.3 is 0 Å². The molecule has 1 unspecified atom stereocenters. The molecule has 1 atom stereocenters. The second-order valence-electron chi connectivity index (χ2n) is 6.56. The maximum atomic E-state index is 12.8. The summed E-state index contributed by atoms with van der Waals surface area (Å²) in [7, 11) is 0. The molecule has 2 amide bonds. The first-order chi connectivity index (χ1) is 11.4. The Kier molecular flexibility index (Phi) is 4.14. The van der Waals surface area contributed by atoms with Crippen LogP contribution in [0.4, 0.5) is 11.4 Å². The van der Waals surface area contributed by atoms with Crippen molar-refractivity contribution in [3.8, 4) is 0 Å². The van der Waals surface area contributed by atoms with E-state index in [1.807, 2.05) is 64.1 Å². The van der Waals surface area contributed by atoms with Gasteiger partial charge in [0.25, 0.3) is 5.91 Å². The zero-order valence-corrected chi connectivity index (χ0v) is 14.5. The van der Waals surface area contributed by atoms with Gasteiger partial charge in [-0.2, -0.15) is 0 Å². The highest BCUT2D eigenvalue weighted by atomic mass is 16.2. The van der Waals surface area contributed by atoms with Gasteiger partial charge in [0.2, 0.25) is 5.91 Å². The van der Waals surface area contributed by atoms with E-state index in [-0.39, 0.29) is 18.2 Å². The largest absolute Gasteiger partial charge is 0.373 e. The Bertz CT molecular complexity index is 806. The summed E-state index contributed by atoms with van der Waals surface area (Å²) in [6.07, 6.45) is 0.180. The Labute approximate surface area is 142 Å². The van der Waals surface area contributed by atoms with Crippen LogP contribution in [-0.4, -0.2) is 17.9 Å². The lowest BCUT2D eigenvalue weighted by molar-refractivity contribution is -0.121. The summed E-state index contributed by atoms with van der Waals surface area (Å²) in [5.74, 6) is -0.348. The molecule has 0 aliphatic carbocycles. The van der Waals surface area contributed by atoms with Crippen LogP contribution < -0.4 is 10.2 Å². The van der Waals surface area contributed by atoms with E-state index in [9.17, 15) is 9.59 Å². The molecule has 0 saturated carbocycles. The van der Waals surface area contributed by atoms with Crippen molar-refractivity contribution in [1.29, 1.82) is 0 Å². The summed E-state index contributed by atoms with van der Waals surface area (Å²) in [5, 5.41) is 3.25. The highest BCUT2D eigenvalue weighted by molar-refractivity contribution is 6.23. The molecule has 1 aliphatic rings. The molecule has 0 bridgehead atoms. The van der Waals surface area contributed by atoms with E-state index in [1.54, 1.807) is 0 Å². The summed E-state index contributed by atoms with van der Waals surface area (Å²) >= 11 is 0. The van der Waals surface area contributed by atoms with Crippen LogP contribution in [0.3, 0.4) is 0 Å². The van der Waals surface area contributed by atoms with Crippen molar-refractivity contribution < 1.29 is 9.59 Å². The minimum Gasteiger partial charge on any atom is -0.373 e. The molecule has 0 aromatic heterocycles. The Morgan fingerprint density at radius 1 is 1.00 bits per heavy atom. The molecule has 0 radical (unpaired) electrons. The third kappa shape index (κ3) is 2.92. The van der Waals surface area contributed by atoms with Crippen LogP contribution in [0.25, 0.3) is 0 Å². The smallest absolute Gasteiger partial charge is 0.256 e. The van der Waals surface area contributed by atoms with E-state index >= 15 is 0 Å². The molecule has 4 heteroatoms. The van der Waals surface area contributed by atoms with Crippen LogP contribution in [0.5, 0.6) is 0 Å². The fourth-order valence-corrected chi connectivity index (χ4v) is 3.19. The summed E-state index contributed by atoms with van der Waals surface area (Å²) in [4.78, 5) is 26.5. The molecule has 0 spiro atoms. The number of benzene rings is 2. The highest BCUT2D eigenvalue weighted by Crippen LogP contribution is 2.28. The monoisotopic (exact) mass is 322 g/mol. The lowest BCUT2D eigenvalue weighted by Crippen LogP contribution is -2.35. The lowest BCUT2D eigenvalue weighted by atomic mass is 10.1. The zero-order chi connectivity index (χ0) is 17.4. The number of aryl methyl sites for hydroxylation is 3. The number of anilines is 2. The van der Waals surface area contributed by atoms with Crippen LogP contribution in [-0.2, 0) is 9.59 Å². The van der Waals surface area contributed by atoms with Crippen molar-refractivity contribution in [2.45, 2.75) is 40.2 Å². The minimum atomic E-state index is -0.515. The van der Waals surface area contributed by atoms with Crippen LogP contribution in [0.15, 0.2) is 36.4 Å². The molecule has 2 aromatic rings. The number of rotatable bonds is 3. The fraction of sp³-hybridized carbons (Fsp3) is 0.300. The van der Waals surface area contributed by atoms with Gasteiger partial charge in [-0.05, 0) is 68.1 Å². The quantitative estimate of drug-likeness (QED) is 0.877. The maximum Gasteiger partial charge on any atom is 0.256 e. The number of amides is 2. The van der Waals surface area contributed by atoms with Gasteiger partial charge in [0.05, 0.1) is 12.1 Å². The molecule has 1 saturated heterocycles. The van der Waals surface area contributed by atoms with Gasteiger partial charge in [-0.25, -0.2) is 4.90 Å². The van der Waals surface area contributed by atoms with Gasteiger partial charge in [0.1, 0.15) is 6.04 Å². The third-order valence-corrected chi connectivity index (χ3v) is 4.55. The molecular formula is C20H22N2O2. The Hall–Kier alpha value is -2.62. The van der Waals surface area contributed by atoms with Crippen LogP contribution in [0.1, 0.15) is 28.7 Å². The number of nitrogens with zero attached hydrogens (tertiary/aromatic N) is 1. The predicted octanol–water partition coefficient (Wildman–Crippen LogP) is 3.66. The number of imide groups is 1. The van der Waals surface area contributed by atoms with Gasteiger partial charge in [-0.3, -0.25) is 9.59 Å². The van der Waals surface area contributed by atoms with E-state index in [1.165, 1.54) is 4.90 Å². The first-order valence-electron chi connectivity index (χ1n) is 8.14. The predicted molar refractivity (Wildman–Crippen MR) is 96.4 cm³/mol. The zero-order valence-electron chi connectivity index (χ0n) is 14.5. The van der Waals surface area contributed by atoms with Gasteiger partial charge in [0.15, 0.2) is 0 Å². The molecule has 4 nitrogen and oxygen atoms in total. The lowest BCUT2D eigenvalue weighted by Gasteiger charge is -2.18. The van der Waals surface area contributed by atoms with Crippen molar-refractivity contribution >= 4 is 23.2 Å². The molecule has 24 heavy (non-hydrogen) atoms. The van der Waals surface area contributed by atoms with Gasteiger partial charge in [-0.15, -0.1) is 0 Å². The van der Waals surface area contributed by atoms with Crippen molar-refractivity contribution in [1.82, 2.24) is 0 Å². The van der Waals surface area contributed by atoms with Crippen molar-refractivity contribution in [3.63, 3.8) is 0 Å². The summed E-state index contributed by atoms with van der Waals surface area (Å²) < 4.78 is 0. The molecule has 1 heterocycles. The normalized spacial score (nSPS) is 17.5. The van der Waals surface area contributed by atoms with Crippen LogP contribution in [0, 0.1) is 27.7 Å². The standard InChI is InChI=1S/C20H22N2O2/c1-12-8-13(2)10-16(9-12)22-19(23)11-18(20(22)24)21-17-7-5-6-14(3)15(17)4/h5-10,18,21H,11H2,1-4H3. The van der Waals surface area contributed by atoms with Crippen molar-refractivity contribution in [3.05, 3.63) is 58.7 Å². The first-order valence-corrected chi connectivity index (χ1v) is 8.14. The number of hydrogen-bond donors (Lipinski definition) is 1. The van der Waals surface area contributed by atoms with Crippen LogP contribution >= 0.6 is 0 Å². The van der Waals surface area contributed by atoms with Gasteiger partial charge in [-0.1, -0.05) is 18.2 Å². The third-order valence-electron chi connectivity index (χ3n) is 4.55. The maximum absolute atomic E-state index is 12.8. The second kappa shape index (κ2) is 6.11. The van der Waals surface area contributed by atoms with E-state index in [2.05, 4.69) is 5.32 Å². The average Bonchev–Trinajstić information content (AvgIpc) is 2.77. The van der Waals surface area contributed by atoms with Gasteiger partial charge < -0.3 is 5.32 Å². The van der Waals surface area contributed by atoms with Crippen LogP contribution in [0.2, 0.25) is 0 Å². The first kappa shape index (κ1) is 16.2. The topological polar surface area (TPSA) is 49.4 Å². The highest BCUT2D eigenvalue weighted by Gasteiger charge is 2.39. The second-order valence-corrected chi connectivity index (χ2v) is 6.56. The summed E-state index contributed by atoms with van der Waals surface area (Å²) in [5.41, 5.74) is 5.90. The van der Waals surface area contributed by atoms with E-state index in [4.69, 9.17) is 0 Å². The minimum absolute atomic E-state index is 0.159. The van der Waals surface area contributed by atoms with E-state index in [0.29, 0.717) is 5.69 Å². The van der Waals surface area contributed by atoms with Crippen molar-refractivity contribution in [2.24, 2.45) is 0 Å². The summed E-state index contributed by atoms with van der Waals surface area (Å²) in [6.45, 7) is 7.98. The Morgan fingerprint density at radius 2 is 1.67 bits per heavy atom. The number of carbonyl (C=O) groups excluding carboxylic acids is 2. The molecular weight excluding hydrogens is 300 g/mol. The number of nitrogens with one attached hydrogen (secondary N) is 1. The molecule has 3 rings (SSSR count).